The summed E-state index contributed by atoms with van der Waals surface area (Å²) >= 11 is 6.37. The molecule has 1 aliphatic rings. The van der Waals surface area contributed by atoms with Crippen molar-refractivity contribution < 1.29 is 22.7 Å². The van der Waals surface area contributed by atoms with Crippen molar-refractivity contribution in [3.63, 3.8) is 0 Å². The van der Waals surface area contributed by atoms with Crippen LogP contribution in [0.4, 0.5) is 5.69 Å². The first-order valence-corrected chi connectivity index (χ1v) is 15.3. The number of amides is 1. The Morgan fingerprint density at radius 1 is 0.951 bits per heavy atom. The number of ether oxygens (including phenoxy) is 1. The maximum Gasteiger partial charge on any atom is 0.339 e. The summed E-state index contributed by atoms with van der Waals surface area (Å²) < 4.78 is 33.6. The molecule has 41 heavy (non-hydrogen) atoms. The summed E-state index contributed by atoms with van der Waals surface area (Å²) in [6, 6.07) is 20.7. The molecular weight excluding hydrogens is 562 g/mol. The number of aryl methyl sites for hydroxylation is 1. The van der Waals surface area contributed by atoms with E-state index in [9.17, 15) is 18.0 Å². The first-order chi connectivity index (χ1) is 19.7. The first kappa shape index (κ1) is 28.7. The summed E-state index contributed by atoms with van der Waals surface area (Å²) in [5.41, 5.74) is 2.90. The van der Waals surface area contributed by atoms with Crippen LogP contribution in [0.5, 0.6) is 0 Å². The van der Waals surface area contributed by atoms with Gasteiger partial charge in [-0.15, -0.1) is 0 Å². The minimum absolute atomic E-state index is 0.157. The number of aromatic nitrogens is 1. The third-order valence-corrected chi connectivity index (χ3v) is 9.45. The van der Waals surface area contributed by atoms with E-state index >= 15 is 0 Å². The molecule has 1 amide bonds. The van der Waals surface area contributed by atoms with Crippen LogP contribution in [0.3, 0.4) is 0 Å². The number of nitrogens with one attached hydrogen (secondary N) is 1. The molecule has 0 bridgehead atoms. The second kappa shape index (κ2) is 12.4. The van der Waals surface area contributed by atoms with Gasteiger partial charge in [-0.25, -0.2) is 18.2 Å². The maximum absolute atomic E-state index is 13.4. The van der Waals surface area contributed by atoms with Crippen molar-refractivity contribution in [3.8, 4) is 11.3 Å². The molecule has 10 heteroatoms. The fraction of sp³-hybridized carbons (Fsp3) is 0.258. The number of fused-ring (bicyclic) bond motifs is 1. The molecule has 0 spiro atoms. The van der Waals surface area contributed by atoms with Crippen molar-refractivity contribution in [1.82, 2.24) is 9.29 Å². The van der Waals surface area contributed by atoms with Crippen molar-refractivity contribution in [2.45, 2.75) is 37.5 Å². The minimum atomic E-state index is -3.71. The zero-order valence-electron chi connectivity index (χ0n) is 22.6. The number of carbonyl (C=O) groups is 2. The molecule has 1 N–H and O–H groups in total. The molecule has 1 aromatic heterocycles. The van der Waals surface area contributed by atoms with Crippen molar-refractivity contribution in [3.05, 3.63) is 88.9 Å². The number of para-hydroxylation sites is 1. The number of pyridine rings is 1. The Morgan fingerprint density at radius 2 is 1.66 bits per heavy atom. The average Bonchev–Trinajstić information content (AvgIpc) is 3.27. The molecule has 1 fully saturated rings. The number of nitrogens with zero attached hydrogens (tertiary/aromatic N) is 2. The lowest BCUT2D eigenvalue weighted by atomic mass is 10.0. The third kappa shape index (κ3) is 6.43. The van der Waals surface area contributed by atoms with Crippen molar-refractivity contribution >= 4 is 50.1 Å². The Morgan fingerprint density at radius 3 is 2.41 bits per heavy atom. The minimum Gasteiger partial charge on any atom is -0.452 e. The standard InChI is InChI=1S/C31H30ClN3O5S/c1-21-14-15-22(18-29(21)41(38,39)35-16-8-2-3-9-17-35)33-30(36)20-40-31(37)25-19-28(24-11-4-6-12-26(24)32)34-27-13-7-5-10-23(25)27/h4-7,10-15,18-19H,2-3,8-9,16-17,20H2,1H3,(H,33,36). The van der Waals surface area contributed by atoms with Crippen LogP contribution in [-0.4, -0.2) is 49.3 Å². The van der Waals surface area contributed by atoms with Gasteiger partial charge in [0.2, 0.25) is 10.0 Å². The van der Waals surface area contributed by atoms with Gasteiger partial charge in [-0.3, -0.25) is 4.79 Å². The number of carbonyl (C=O) groups excluding carboxylic acids is 2. The lowest BCUT2D eigenvalue weighted by Gasteiger charge is -2.21. The lowest BCUT2D eigenvalue weighted by molar-refractivity contribution is -0.119. The molecule has 0 saturated carbocycles. The summed E-state index contributed by atoms with van der Waals surface area (Å²) in [6.07, 6.45) is 3.67. The molecule has 1 aliphatic heterocycles. The van der Waals surface area contributed by atoms with Crippen LogP contribution >= 0.6 is 11.6 Å². The molecule has 4 aromatic rings. The number of hydrogen-bond donors (Lipinski definition) is 1. The van der Waals surface area contributed by atoms with Gasteiger partial charge in [0.1, 0.15) is 0 Å². The van der Waals surface area contributed by atoms with Gasteiger partial charge in [0.25, 0.3) is 5.91 Å². The summed E-state index contributed by atoms with van der Waals surface area (Å²) in [7, 11) is -3.71. The number of benzene rings is 3. The normalized spacial score (nSPS) is 14.4. The fourth-order valence-corrected chi connectivity index (χ4v) is 6.93. The second-order valence-electron chi connectivity index (χ2n) is 9.97. The van der Waals surface area contributed by atoms with E-state index in [0.29, 0.717) is 51.5 Å². The number of anilines is 1. The number of halogens is 1. The van der Waals surface area contributed by atoms with Gasteiger partial charge >= 0.3 is 5.97 Å². The van der Waals surface area contributed by atoms with Crippen LogP contribution in [-0.2, 0) is 19.6 Å². The summed E-state index contributed by atoms with van der Waals surface area (Å²) in [5.74, 6) is -1.29. The quantitative estimate of drug-likeness (QED) is 0.256. The molecule has 3 aromatic carbocycles. The van der Waals surface area contributed by atoms with E-state index in [1.807, 2.05) is 24.3 Å². The van der Waals surface area contributed by atoms with Crippen LogP contribution in [0.2, 0.25) is 5.02 Å². The number of rotatable bonds is 7. The van der Waals surface area contributed by atoms with Crippen molar-refractivity contribution in [2.24, 2.45) is 0 Å². The highest BCUT2D eigenvalue weighted by Gasteiger charge is 2.27. The molecule has 2 heterocycles. The van der Waals surface area contributed by atoms with E-state index < -0.39 is 28.5 Å². The monoisotopic (exact) mass is 591 g/mol. The number of esters is 1. The van der Waals surface area contributed by atoms with E-state index in [2.05, 4.69) is 10.3 Å². The zero-order valence-corrected chi connectivity index (χ0v) is 24.2. The summed E-state index contributed by atoms with van der Waals surface area (Å²) in [5, 5.41) is 3.73. The topological polar surface area (TPSA) is 106 Å². The van der Waals surface area contributed by atoms with Crippen molar-refractivity contribution in [2.75, 3.05) is 25.0 Å². The van der Waals surface area contributed by atoms with E-state index in [0.717, 1.165) is 25.7 Å². The second-order valence-corrected chi connectivity index (χ2v) is 12.3. The van der Waals surface area contributed by atoms with E-state index in [1.54, 1.807) is 49.4 Å². The molecule has 0 atom stereocenters. The smallest absolute Gasteiger partial charge is 0.339 e. The molecule has 5 rings (SSSR count). The highest BCUT2D eigenvalue weighted by molar-refractivity contribution is 7.89. The van der Waals surface area contributed by atoms with Crippen LogP contribution in [0, 0.1) is 6.92 Å². The predicted octanol–water partition coefficient (Wildman–Crippen LogP) is 6.22. The maximum atomic E-state index is 13.4. The van der Waals surface area contributed by atoms with Gasteiger partial charge in [0.05, 0.1) is 21.7 Å². The number of hydrogen-bond acceptors (Lipinski definition) is 6. The Bertz CT molecular complexity index is 1720. The number of sulfonamides is 1. The highest BCUT2D eigenvalue weighted by atomic mass is 35.5. The van der Waals surface area contributed by atoms with Crippen LogP contribution in [0.1, 0.15) is 41.6 Å². The van der Waals surface area contributed by atoms with Gasteiger partial charge in [-0.05, 0) is 55.7 Å². The Hall–Kier alpha value is -3.79. The summed E-state index contributed by atoms with van der Waals surface area (Å²) in [4.78, 5) is 30.7. The molecular formula is C31H30ClN3O5S. The van der Waals surface area contributed by atoms with Crippen LogP contribution in [0.15, 0.2) is 77.7 Å². The van der Waals surface area contributed by atoms with Gasteiger partial charge in [-0.2, -0.15) is 4.31 Å². The average molecular weight is 592 g/mol. The molecule has 0 unspecified atom stereocenters. The Kier molecular flexibility index (Phi) is 8.68. The summed E-state index contributed by atoms with van der Waals surface area (Å²) in [6.45, 7) is 2.14. The first-order valence-electron chi connectivity index (χ1n) is 13.5. The molecule has 212 valence electrons. The Labute approximate surface area is 244 Å². The molecule has 0 radical (unpaired) electrons. The van der Waals surface area contributed by atoms with Gasteiger partial charge in [0, 0.05) is 34.7 Å². The van der Waals surface area contributed by atoms with Crippen molar-refractivity contribution in [1.29, 1.82) is 0 Å². The van der Waals surface area contributed by atoms with Gasteiger partial charge in [0.15, 0.2) is 6.61 Å². The van der Waals surface area contributed by atoms with Gasteiger partial charge < -0.3 is 10.1 Å². The molecule has 8 nitrogen and oxygen atoms in total. The fourth-order valence-electron chi connectivity index (χ4n) is 4.93. The van der Waals surface area contributed by atoms with Gasteiger partial charge in [-0.1, -0.05) is 66.9 Å². The third-order valence-electron chi connectivity index (χ3n) is 7.08. The lowest BCUT2D eigenvalue weighted by Crippen LogP contribution is -2.32. The largest absolute Gasteiger partial charge is 0.452 e. The molecule has 1 saturated heterocycles. The van der Waals surface area contributed by atoms with E-state index in [1.165, 1.54) is 10.4 Å². The molecule has 0 aliphatic carbocycles. The highest BCUT2D eigenvalue weighted by Crippen LogP contribution is 2.30. The Balaban J connectivity index is 1.32. The SMILES string of the molecule is Cc1ccc(NC(=O)COC(=O)c2cc(-c3ccccc3Cl)nc3ccccc23)cc1S(=O)(=O)N1CCCCCC1. The van der Waals surface area contributed by atoms with Crippen LogP contribution in [0.25, 0.3) is 22.2 Å². The van der Waals surface area contributed by atoms with Crippen LogP contribution < -0.4 is 5.32 Å². The predicted molar refractivity (Wildman–Crippen MR) is 160 cm³/mol. The zero-order chi connectivity index (χ0) is 29.0. The van der Waals surface area contributed by atoms with E-state index in [-0.39, 0.29) is 10.5 Å². The van der Waals surface area contributed by atoms with E-state index in [4.69, 9.17) is 16.3 Å².